The van der Waals surface area contributed by atoms with Gasteiger partial charge in [0.2, 0.25) is 5.91 Å². The number of nitrogens with zero attached hydrogens (tertiary/aromatic N) is 4. The van der Waals surface area contributed by atoms with Crippen LogP contribution in [0.1, 0.15) is 21.7 Å². The van der Waals surface area contributed by atoms with Crippen LogP contribution in [0.4, 0.5) is 10.1 Å². The van der Waals surface area contributed by atoms with Gasteiger partial charge in [-0.1, -0.05) is 23.4 Å². The summed E-state index contributed by atoms with van der Waals surface area (Å²) >= 11 is 0. The molecule has 0 aliphatic carbocycles. The average Bonchev–Trinajstić information content (AvgIpc) is 3.12. The van der Waals surface area contributed by atoms with E-state index in [4.69, 9.17) is 0 Å². The van der Waals surface area contributed by atoms with E-state index in [-0.39, 0.29) is 36.8 Å². The second-order valence-electron chi connectivity index (χ2n) is 6.62. The fraction of sp³-hybridized carbons (Fsp3) is 0.200. The third kappa shape index (κ3) is 5.47. The molecule has 2 aromatic carbocycles. The van der Waals surface area contributed by atoms with Gasteiger partial charge in [-0.15, -0.1) is 5.10 Å². The van der Waals surface area contributed by atoms with Gasteiger partial charge >= 0.3 is 0 Å². The van der Waals surface area contributed by atoms with Crippen molar-refractivity contribution < 1.29 is 18.9 Å². The molecule has 31 heavy (non-hydrogen) atoms. The van der Waals surface area contributed by atoms with Gasteiger partial charge in [0.05, 0.1) is 22.7 Å². The highest BCUT2D eigenvalue weighted by Gasteiger charge is 2.18. The number of amides is 2. The zero-order valence-electron chi connectivity index (χ0n) is 16.5. The van der Waals surface area contributed by atoms with Crippen LogP contribution in [0.25, 0.3) is 5.69 Å². The summed E-state index contributed by atoms with van der Waals surface area (Å²) in [6.07, 6.45) is 0.0301. The Labute approximate surface area is 176 Å². The molecule has 0 unspecified atom stereocenters. The number of carbonyl (C=O) groups is 2. The second kappa shape index (κ2) is 9.57. The lowest BCUT2D eigenvalue weighted by Crippen LogP contribution is -2.35. The number of rotatable bonds is 8. The minimum absolute atomic E-state index is 0.0301. The molecular weight excluding hydrogens is 407 g/mol. The van der Waals surface area contributed by atoms with Crippen molar-refractivity contribution in [2.45, 2.75) is 13.3 Å². The van der Waals surface area contributed by atoms with Gasteiger partial charge < -0.3 is 10.6 Å². The van der Waals surface area contributed by atoms with Crippen molar-refractivity contribution in [2.24, 2.45) is 0 Å². The Balaban J connectivity index is 1.53. The van der Waals surface area contributed by atoms with E-state index in [2.05, 4.69) is 20.9 Å². The Morgan fingerprint density at radius 1 is 1.13 bits per heavy atom. The molecule has 11 heteroatoms. The van der Waals surface area contributed by atoms with Crippen molar-refractivity contribution in [2.75, 3.05) is 13.1 Å². The Bertz CT molecular complexity index is 1130. The molecule has 0 saturated carbocycles. The first-order valence-corrected chi connectivity index (χ1v) is 9.31. The number of nitro groups is 1. The summed E-state index contributed by atoms with van der Waals surface area (Å²) in [7, 11) is 0. The third-order valence-corrected chi connectivity index (χ3v) is 4.38. The molecule has 0 aliphatic heterocycles. The van der Waals surface area contributed by atoms with Crippen molar-refractivity contribution in [3.63, 3.8) is 0 Å². The number of non-ortho nitro benzene ring substituents is 1. The van der Waals surface area contributed by atoms with Crippen molar-refractivity contribution in [1.82, 2.24) is 25.6 Å². The van der Waals surface area contributed by atoms with Crippen LogP contribution < -0.4 is 10.6 Å². The van der Waals surface area contributed by atoms with E-state index < -0.39 is 16.6 Å². The Morgan fingerprint density at radius 3 is 2.61 bits per heavy atom. The van der Waals surface area contributed by atoms with Crippen LogP contribution in [-0.2, 0) is 11.2 Å². The van der Waals surface area contributed by atoms with E-state index in [1.807, 2.05) is 0 Å². The summed E-state index contributed by atoms with van der Waals surface area (Å²) in [5, 5.41) is 24.0. The molecule has 3 rings (SSSR count). The fourth-order valence-corrected chi connectivity index (χ4v) is 2.88. The van der Waals surface area contributed by atoms with Gasteiger partial charge in [0.25, 0.3) is 11.6 Å². The molecule has 1 heterocycles. The Morgan fingerprint density at radius 2 is 1.87 bits per heavy atom. The molecular formula is C20H19FN6O4. The van der Waals surface area contributed by atoms with Crippen LogP contribution in [0.5, 0.6) is 0 Å². The zero-order chi connectivity index (χ0) is 22.4. The maximum atomic E-state index is 13.2. The first kappa shape index (κ1) is 21.6. The molecule has 3 aromatic rings. The molecule has 2 N–H and O–H groups in total. The van der Waals surface area contributed by atoms with Crippen LogP contribution in [0, 0.1) is 22.9 Å². The van der Waals surface area contributed by atoms with Gasteiger partial charge in [0.1, 0.15) is 5.82 Å². The van der Waals surface area contributed by atoms with Gasteiger partial charge in [-0.2, -0.15) is 0 Å². The van der Waals surface area contributed by atoms with Gasteiger partial charge in [-0.05, 0) is 30.7 Å². The van der Waals surface area contributed by atoms with Crippen LogP contribution >= 0.6 is 0 Å². The van der Waals surface area contributed by atoms with Gasteiger partial charge in [-0.25, -0.2) is 9.07 Å². The van der Waals surface area contributed by atoms with Gasteiger partial charge in [0, 0.05) is 25.2 Å². The number of nitro benzene ring substituents is 1. The van der Waals surface area contributed by atoms with E-state index in [0.717, 1.165) is 0 Å². The summed E-state index contributed by atoms with van der Waals surface area (Å²) < 4.78 is 14.5. The van der Waals surface area contributed by atoms with Crippen LogP contribution in [0.3, 0.4) is 0 Å². The van der Waals surface area contributed by atoms with E-state index in [1.54, 1.807) is 19.1 Å². The summed E-state index contributed by atoms with van der Waals surface area (Å²) in [5.41, 5.74) is 1.33. The predicted molar refractivity (Wildman–Crippen MR) is 108 cm³/mol. The highest BCUT2D eigenvalue weighted by atomic mass is 19.1. The molecule has 0 aliphatic rings. The average molecular weight is 426 g/mol. The molecule has 0 saturated heterocycles. The molecule has 0 bridgehead atoms. The number of benzene rings is 2. The van der Waals surface area contributed by atoms with Crippen LogP contribution in [0.2, 0.25) is 0 Å². The van der Waals surface area contributed by atoms with E-state index in [0.29, 0.717) is 16.9 Å². The number of nitrogens with one attached hydrogen (secondary N) is 2. The van der Waals surface area contributed by atoms with Crippen molar-refractivity contribution in [3.05, 3.63) is 81.4 Å². The first-order chi connectivity index (χ1) is 14.8. The van der Waals surface area contributed by atoms with Crippen molar-refractivity contribution >= 4 is 17.5 Å². The van der Waals surface area contributed by atoms with E-state index in [9.17, 15) is 24.1 Å². The fourth-order valence-electron chi connectivity index (χ4n) is 2.88. The molecule has 1 aromatic heterocycles. The SMILES string of the molecule is Cc1c(C(=O)NCCNC(=O)Cc2cccc(F)c2)nnn1-c1cccc([N+](=O)[O-])c1. The summed E-state index contributed by atoms with van der Waals surface area (Å²) in [5.74, 6) is -1.20. The molecule has 2 amide bonds. The maximum absolute atomic E-state index is 13.2. The zero-order valence-corrected chi connectivity index (χ0v) is 16.5. The first-order valence-electron chi connectivity index (χ1n) is 9.31. The smallest absolute Gasteiger partial charge is 0.273 e. The lowest BCUT2D eigenvalue weighted by atomic mass is 10.1. The van der Waals surface area contributed by atoms with Crippen molar-refractivity contribution in [1.29, 1.82) is 0 Å². The van der Waals surface area contributed by atoms with Crippen LogP contribution in [0.15, 0.2) is 48.5 Å². The largest absolute Gasteiger partial charge is 0.354 e. The topological polar surface area (TPSA) is 132 Å². The summed E-state index contributed by atoms with van der Waals surface area (Å²) in [4.78, 5) is 34.7. The lowest BCUT2D eigenvalue weighted by molar-refractivity contribution is -0.384. The van der Waals surface area contributed by atoms with Crippen molar-refractivity contribution in [3.8, 4) is 5.69 Å². The molecule has 10 nitrogen and oxygen atoms in total. The lowest BCUT2D eigenvalue weighted by Gasteiger charge is -2.07. The predicted octanol–water partition coefficient (Wildman–Crippen LogP) is 1.71. The second-order valence-corrected chi connectivity index (χ2v) is 6.62. The van der Waals surface area contributed by atoms with E-state index in [1.165, 1.54) is 41.1 Å². The highest BCUT2D eigenvalue weighted by Crippen LogP contribution is 2.18. The third-order valence-electron chi connectivity index (χ3n) is 4.38. The molecule has 0 fully saturated rings. The normalized spacial score (nSPS) is 10.5. The van der Waals surface area contributed by atoms with E-state index >= 15 is 0 Å². The highest BCUT2D eigenvalue weighted by molar-refractivity contribution is 5.93. The molecule has 0 atom stereocenters. The minimum Gasteiger partial charge on any atom is -0.354 e. The monoisotopic (exact) mass is 426 g/mol. The number of hydrogen-bond acceptors (Lipinski definition) is 6. The Kier molecular flexibility index (Phi) is 6.65. The number of hydrogen-bond donors (Lipinski definition) is 2. The summed E-state index contributed by atoms with van der Waals surface area (Å²) in [6.45, 7) is 1.95. The number of carbonyl (C=O) groups excluding carboxylic acids is 2. The Hall–Kier alpha value is -4.15. The maximum Gasteiger partial charge on any atom is 0.273 e. The quantitative estimate of drug-likeness (QED) is 0.320. The standard InChI is InChI=1S/C20H19FN6O4/c1-13-19(24-25-26(13)16-6-3-7-17(12-16)27(30)31)20(29)23-9-8-22-18(28)11-14-4-2-5-15(21)10-14/h2-7,10,12H,8-9,11H2,1H3,(H,22,28)(H,23,29). The number of halogens is 1. The van der Waals surface area contributed by atoms with Gasteiger partial charge in [-0.3, -0.25) is 19.7 Å². The minimum atomic E-state index is -0.522. The molecule has 0 spiro atoms. The number of aromatic nitrogens is 3. The van der Waals surface area contributed by atoms with Crippen LogP contribution in [-0.4, -0.2) is 44.8 Å². The van der Waals surface area contributed by atoms with Gasteiger partial charge in [0.15, 0.2) is 5.69 Å². The molecule has 160 valence electrons. The summed E-state index contributed by atoms with van der Waals surface area (Å²) in [6, 6.07) is 11.6. The molecule has 0 radical (unpaired) electrons.